The molecule has 5 nitrogen and oxygen atoms in total. The summed E-state index contributed by atoms with van der Waals surface area (Å²) in [5, 5.41) is 14.3. The summed E-state index contributed by atoms with van der Waals surface area (Å²) in [5.74, 6) is 0. The van der Waals surface area contributed by atoms with Crippen LogP contribution < -0.4 is 10.6 Å². The molecule has 0 saturated heterocycles. The number of unbranched alkanes of at least 4 members (excludes halogenated alkanes) is 2. The van der Waals surface area contributed by atoms with Gasteiger partial charge in [0, 0.05) is 36.9 Å². The maximum absolute atomic E-state index is 11.7. The van der Waals surface area contributed by atoms with Gasteiger partial charge in [0.1, 0.15) is 0 Å². The number of hydrogen-bond donors (Lipinski definition) is 3. The van der Waals surface area contributed by atoms with Crippen molar-refractivity contribution < 1.29 is 9.90 Å². The number of benzene rings is 1. The quantitative estimate of drug-likeness (QED) is 0.685. The number of nitrogens with one attached hydrogen (secondary N) is 2. The number of carbonyl (C=O) groups is 1. The third kappa shape index (κ3) is 4.96. The summed E-state index contributed by atoms with van der Waals surface area (Å²) in [6.45, 7) is 0.827. The lowest BCUT2D eigenvalue weighted by Gasteiger charge is -2.08. The lowest BCUT2D eigenvalue weighted by atomic mass is 10.2. The molecule has 0 fully saturated rings. The van der Waals surface area contributed by atoms with E-state index in [0.717, 1.165) is 30.6 Å². The predicted octanol–water partition coefficient (Wildman–Crippen LogP) is 2.76. The van der Waals surface area contributed by atoms with Crippen molar-refractivity contribution in [3.05, 3.63) is 48.8 Å². The molecule has 0 aliphatic heterocycles. The average molecular weight is 287 g/mol. The molecule has 1 aromatic heterocycles. The van der Waals surface area contributed by atoms with Gasteiger partial charge in [0.2, 0.25) is 0 Å². The number of anilines is 1. The Morgan fingerprint density at radius 3 is 2.43 bits per heavy atom. The van der Waals surface area contributed by atoms with Crippen LogP contribution in [0.3, 0.4) is 0 Å². The molecule has 21 heavy (non-hydrogen) atoms. The van der Waals surface area contributed by atoms with Gasteiger partial charge in [-0.3, -0.25) is 0 Å². The number of hydrogen-bond acceptors (Lipinski definition) is 2. The maximum atomic E-state index is 11.7. The van der Waals surface area contributed by atoms with Crippen molar-refractivity contribution in [2.24, 2.45) is 0 Å². The Labute approximate surface area is 124 Å². The second-order valence-corrected chi connectivity index (χ2v) is 4.80. The first-order valence-electron chi connectivity index (χ1n) is 7.19. The summed E-state index contributed by atoms with van der Waals surface area (Å²) in [5.41, 5.74) is 1.81. The van der Waals surface area contributed by atoms with Crippen LogP contribution in [-0.2, 0) is 0 Å². The fraction of sp³-hybridized carbons (Fsp3) is 0.312. The van der Waals surface area contributed by atoms with E-state index in [1.807, 2.05) is 53.4 Å². The highest BCUT2D eigenvalue weighted by atomic mass is 16.2. The van der Waals surface area contributed by atoms with Gasteiger partial charge in [-0.25, -0.2) is 4.79 Å². The maximum Gasteiger partial charge on any atom is 0.319 e. The Morgan fingerprint density at radius 1 is 1.05 bits per heavy atom. The molecular formula is C16H21N3O2. The van der Waals surface area contributed by atoms with Crippen LogP contribution in [0, 0.1) is 0 Å². The normalized spacial score (nSPS) is 10.3. The Morgan fingerprint density at radius 2 is 1.76 bits per heavy atom. The van der Waals surface area contributed by atoms with Gasteiger partial charge in [0.25, 0.3) is 0 Å². The van der Waals surface area contributed by atoms with Gasteiger partial charge in [-0.05, 0) is 55.7 Å². The molecule has 1 aromatic carbocycles. The highest BCUT2D eigenvalue weighted by Gasteiger charge is 2.01. The molecule has 2 aromatic rings. The monoisotopic (exact) mass is 287 g/mol. The van der Waals surface area contributed by atoms with Crippen LogP contribution in [0.25, 0.3) is 5.69 Å². The van der Waals surface area contributed by atoms with Crippen molar-refractivity contribution in [2.45, 2.75) is 19.3 Å². The zero-order valence-electron chi connectivity index (χ0n) is 12.0. The predicted molar refractivity (Wildman–Crippen MR) is 83.7 cm³/mol. The van der Waals surface area contributed by atoms with E-state index in [4.69, 9.17) is 5.11 Å². The molecule has 0 radical (unpaired) electrons. The molecule has 112 valence electrons. The van der Waals surface area contributed by atoms with Crippen LogP contribution in [0.1, 0.15) is 19.3 Å². The molecule has 0 atom stereocenters. The molecule has 2 amide bonds. The molecular weight excluding hydrogens is 266 g/mol. The molecule has 2 rings (SSSR count). The molecule has 0 aliphatic rings. The van der Waals surface area contributed by atoms with Crippen LogP contribution in [0.15, 0.2) is 48.8 Å². The highest BCUT2D eigenvalue weighted by Crippen LogP contribution is 2.13. The minimum absolute atomic E-state index is 0.201. The summed E-state index contributed by atoms with van der Waals surface area (Å²) in [6, 6.07) is 11.4. The number of aliphatic hydroxyl groups is 1. The number of nitrogens with zero attached hydrogens (tertiary/aromatic N) is 1. The van der Waals surface area contributed by atoms with Crippen molar-refractivity contribution in [2.75, 3.05) is 18.5 Å². The van der Waals surface area contributed by atoms with Crippen LogP contribution in [0.4, 0.5) is 10.5 Å². The Bertz CT molecular complexity index is 535. The molecule has 3 N–H and O–H groups in total. The SMILES string of the molecule is O=C(NCCCCCO)Nc1ccc(-n2cccc2)cc1. The lowest BCUT2D eigenvalue weighted by Crippen LogP contribution is -2.29. The van der Waals surface area contributed by atoms with Gasteiger partial charge in [-0.1, -0.05) is 0 Å². The van der Waals surface area contributed by atoms with E-state index in [2.05, 4.69) is 10.6 Å². The van der Waals surface area contributed by atoms with Crippen molar-refractivity contribution in [1.29, 1.82) is 0 Å². The largest absolute Gasteiger partial charge is 0.396 e. The van der Waals surface area contributed by atoms with E-state index in [-0.39, 0.29) is 12.6 Å². The van der Waals surface area contributed by atoms with Crippen molar-refractivity contribution in [1.82, 2.24) is 9.88 Å². The topological polar surface area (TPSA) is 66.3 Å². The third-order valence-electron chi connectivity index (χ3n) is 3.15. The molecule has 0 aliphatic carbocycles. The zero-order chi connectivity index (χ0) is 14.9. The Kier molecular flexibility index (Phi) is 5.84. The second-order valence-electron chi connectivity index (χ2n) is 4.80. The fourth-order valence-electron chi connectivity index (χ4n) is 2.01. The van der Waals surface area contributed by atoms with Gasteiger partial charge >= 0.3 is 6.03 Å². The van der Waals surface area contributed by atoms with E-state index in [0.29, 0.717) is 6.54 Å². The lowest BCUT2D eigenvalue weighted by molar-refractivity contribution is 0.251. The fourth-order valence-corrected chi connectivity index (χ4v) is 2.01. The first kappa shape index (κ1) is 15.1. The van der Waals surface area contributed by atoms with E-state index in [9.17, 15) is 4.79 Å². The summed E-state index contributed by atoms with van der Waals surface area (Å²) in [7, 11) is 0. The van der Waals surface area contributed by atoms with Gasteiger partial charge in [0.15, 0.2) is 0 Å². The molecule has 0 saturated carbocycles. The van der Waals surface area contributed by atoms with Crippen LogP contribution in [0.2, 0.25) is 0 Å². The smallest absolute Gasteiger partial charge is 0.319 e. The van der Waals surface area contributed by atoms with Gasteiger partial charge in [-0.2, -0.15) is 0 Å². The number of aliphatic hydroxyl groups excluding tert-OH is 1. The van der Waals surface area contributed by atoms with Crippen molar-refractivity contribution in [3.63, 3.8) is 0 Å². The molecule has 0 bridgehead atoms. The standard InChI is InChI=1S/C16H21N3O2/c20-13-5-1-2-10-17-16(21)18-14-6-8-15(9-7-14)19-11-3-4-12-19/h3-4,6-9,11-12,20H,1-2,5,10,13H2,(H2,17,18,21). The molecule has 1 heterocycles. The number of aromatic nitrogens is 1. The van der Waals surface area contributed by atoms with E-state index in [1.54, 1.807) is 0 Å². The number of carbonyl (C=O) groups excluding carboxylic acids is 1. The van der Waals surface area contributed by atoms with Crippen molar-refractivity contribution in [3.8, 4) is 5.69 Å². The average Bonchev–Trinajstić information content (AvgIpc) is 3.02. The number of rotatable bonds is 7. The summed E-state index contributed by atoms with van der Waals surface area (Å²) in [6.07, 6.45) is 6.52. The first-order valence-corrected chi connectivity index (χ1v) is 7.19. The van der Waals surface area contributed by atoms with E-state index in [1.165, 1.54) is 0 Å². The van der Waals surface area contributed by atoms with Crippen LogP contribution in [-0.4, -0.2) is 28.9 Å². The highest BCUT2D eigenvalue weighted by molar-refractivity contribution is 5.89. The summed E-state index contributed by atoms with van der Waals surface area (Å²) in [4.78, 5) is 11.7. The zero-order valence-corrected chi connectivity index (χ0v) is 12.0. The third-order valence-corrected chi connectivity index (χ3v) is 3.15. The van der Waals surface area contributed by atoms with Crippen LogP contribution >= 0.6 is 0 Å². The molecule has 0 unspecified atom stereocenters. The van der Waals surface area contributed by atoms with E-state index < -0.39 is 0 Å². The van der Waals surface area contributed by atoms with Crippen molar-refractivity contribution >= 4 is 11.7 Å². The van der Waals surface area contributed by atoms with Crippen LogP contribution in [0.5, 0.6) is 0 Å². The van der Waals surface area contributed by atoms with Gasteiger partial charge < -0.3 is 20.3 Å². The van der Waals surface area contributed by atoms with Gasteiger partial charge in [0.05, 0.1) is 0 Å². The molecule has 5 heteroatoms. The summed E-state index contributed by atoms with van der Waals surface area (Å²) < 4.78 is 2.00. The minimum Gasteiger partial charge on any atom is -0.396 e. The Hall–Kier alpha value is -2.27. The second kappa shape index (κ2) is 8.11. The summed E-state index contributed by atoms with van der Waals surface area (Å²) >= 11 is 0. The number of amides is 2. The Balaban J connectivity index is 1.76. The molecule has 0 spiro atoms. The minimum atomic E-state index is -0.201. The first-order chi connectivity index (χ1) is 10.3. The number of urea groups is 1. The van der Waals surface area contributed by atoms with Gasteiger partial charge in [-0.15, -0.1) is 0 Å². The van der Waals surface area contributed by atoms with E-state index >= 15 is 0 Å².